The van der Waals surface area contributed by atoms with Crippen molar-refractivity contribution in [2.24, 2.45) is 0 Å². The molecule has 0 unspecified atom stereocenters. The molecule has 0 bridgehead atoms. The summed E-state index contributed by atoms with van der Waals surface area (Å²) in [7, 11) is 0. The number of carbonyl (C=O) groups is 1. The van der Waals surface area contributed by atoms with Crippen molar-refractivity contribution in [3.63, 3.8) is 0 Å². The van der Waals surface area contributed by atoms with E-state index >= 15 is 0 Å². The van der Waals surface area contributed by atoms with E-state index in [1.54, 1.807) is 0 Å². The molecule has 1 fully saturated rings. The standard InChI is InChI=1S/C10H18BrNO2/c1-7-5-12(6-8(2)14-7)9(13)10(3,4)11/h7-8H,5-6H2,1-4H3/t7-,8+. The highest BCUT2D eigenvalue weighted by Crippen LogP contribution is 2.22. The van der Waals surface area contributed by atoms with E-state index in [0.29, 0.717) is 13.1 Å². The number of carbonyl (C=O) groups excluding carboxylic acids is 1. The molecule has 0 saturated carbocycles. The second kappa shape index (κ2) is 4.19. The van der Waals surface area contributed by atoms with Gasteiger partial charge in [0, 0.05) is 13.1 Å². The SMILES string of the molecule is C[C@@H]1CN(C(=O)C(C)(C)Br)C[C@H](C)O1. The van der Waals surface area contributed by atoms with Crippen LogP contribution in [0.1, 0.15) is 27.7 Å². The zero-order chi connectivity index (χ0) is 10.9. The lowest BCUT2D eigenvalue weighted by Gasteiger charge is -2.37. The van der Waals surface area contributed by atoms with Gasteiger partial charge in [0.2, 0.25) is 5.91 Å². The Kier molecular flexibility index (Phi) is 3.58. The lowest BCUT2D eigenvalue weighted by Crippen LogP contribution is -2.52. The average Bonchev–Trinajstić information content (AvgIpc) is 1.99. The fourth-order valence-electron chi connectivity index (χ4n) is 1.72. The predicted octanol–water partition coefficient (Wildman–Crippen LogP) is 1.80. The zero-order valence-electron chi connectivity index (χ0n) is 9.21. The normalized spacial score (nSPS) is 29.1. The van der Waals surface area contributed by atoms with Crippen molar-refractivity contribution >= 4 is 21.8 Å². The molecular weight excluding hydrogens is 246 g/mol. The van der Waals surface area contributed by atoms with E-state index in [9.17, 15) is 4.79 Å². The number of ether oxygens (including phenoxy) is 1. The van der Waals surface area contributed by atoms with Crippen molar-refractivity contribution in [1.82, 2.24) is 4.90 Å². The lowest BCUT2D eigenvalue weighted by molar-refractivity contribution is -0.144. The van der Waals surface area contributed by atoms with Gasteiger partial charge in [-0.1, -0.05) is 15.9 Å². The minimum absolute atomic E-state index is 0.137. The van der Waals surface area contributed by atoms with E-state index in [0.717, 1.165) is 0 Å². The molecule has 14 heavy (non-hydrogen) atoms. The number of halogens is 1. The Morgan fingerprint density at radius 1 is 1.36 bits per heavy atom. The minimum atomic E-state index is -0.468. The fraction of sp³-hybridized carbons (Fsp3) is 0.900. The maximum Gasteiger partial charge on any atom is 0.239 e. The Bertz CT molecular complexity index is 215. The molecule has 3 nitrogen and oxygen atoms in total. The molecule has 0 aliphatic carbocycles. The van der Waals surface area contributed by atoms with Crippen molar-refractivity contribution in [2.45, 2.75) is 44.2 Å². The summed E-state index contributed by atoms with van der Waals surface area (Å²) < 4.78 is 5.10. The van der Waals surface area contributed by atoms with Gasteiger partial charge in [0.05, 0.1) is 16.5 Å². The number of hydrogen-bond donors (Lipinski definition) is 0. The maximum absolute atomic E-state index is 11.9. The van der Waals surface area contributed by atoms with Gasteiger partial charge in [-0.2, -0.15) is 0 Å². The summed E-state index contributed by atoms with van der Waals surface area (Å²) in [5, 5.41) is 0. The summed E-state index contributed by atoms with van der Waals surface area (Å²) in [6, 6.07) is 0. The Morgan fingerprint density at radius 2 is 1.79 bits per heavy atom. The second-order valence-electron chi connectivity index (χ2n) is 4.44. The van der Waals surface area contributed by atoms with Gasteiger partial charge in [0.25, 0.3) is 0 Å². The summed E-state index contributed by atoms with van der Waals surface area (Å²) in [5.41, 5.74) is 0. The minimum Gasteiger partial charge on any atom is -0.372 e. The summed E-state index contributed by atoms with van der Waals surface area (Å²) in [6.07, 6.45) is 0.273. The van der Waals surface area contributed by atoms with Crippen LogP contribution in [0.4, 0.5) is 0 Å². The van der Waals surface area contributed by atoms with E-state index in [1.807, 2.05) is 32.6 Å². The van der Waals surface area contributed by atoms with E-state index in [4.69, 9.17) is 4.74 Å². The summed E-state index contributed by atoms with van der Waals surface area (Å²) in [6.45, 7) is 9.13. The molecule has 0 aromatic heterocycles. The Morgan fingerprint density at radius 3 is 2.14 bits per heavy atom. The molecule has 1 rings (SSSR count). The first-order valence-electron chi connectivity index (χ1n) is 4.94. The van der Waals surface area contributed by atoms with Gasteiger partial charge in [0.1, 0.15) is 0 Å². The Balaban J connectivity index is 2.64. The predicted molar refractivity (Wildman–Crippen MR) is 59.6 cm³/mol. The molecule has 2 atom stereocenters. The topological polar surface area (TPSA) is 29.5 Å². The van der Waals surface area contributed by atoms with Crippen LogP contribution in [0.25, 0.3) is 0 Å². The molecule has 1 aliphatic rings. The number of rotatable bonds is 1. The lowest BCUT2D eigenvalue weighted by atomic mass is 10.1. The first-order valence-corrected chi connectivity index (χ1v) is 5.73. The van der Waals surface area contributed by atoms with Gasteiger partial charge in [-0.05, 0) is 27.7 Å². The van der Waals surface area contributed by atoms with E-state index in [2.05, 4.69) is 15.9 Å². The molecule has 0 aromatic carbocycles. The van der Waals surface area contributed by atoms with Crippen molar-refractivity contribution in [2.75, 3.05) is 13.1 Å². The van der Waals surface area contributed by atoms with Crippen LogP contribution in [0.3, 0.4) is 0 Å². The van der Waals surface area contributed by atoms with Crippen molar-refractivity contribution < 1.29 is 9.53 Å². The third-order valence-corrected chi connectivity index (χ3v) is 2.55. The molecule has 1 saturated heterocycles. The number of amides is 1. The molecule has 1 aliphatic heterocycles. The Labute approximate surface area is 93.9 Å². The maximum atomic E-state index is 11.9. The number of nitrogens with zero attached hydrogens (tertiary/aromatic N) is 1. The zero-order valence-corrected chi connectivity index (χ0v) is 10.8. The highest BCUT2D eigenvalue weighted by molar-refractivity contribution is 9.10. The van der Waals surface area contributed by atoms with Crippen LogP contribution in [0, 0.1) is 0 Å². The first-order chi connectivity index (χ1) is 6.30. The van der Waals surface area contributed by atoms with E-state index in [1.165, 1.54) is 0 Å². The molecule has 0 radical (unpaired) electrons. The van der Waals surface area contributed by atoms with Crippen LogP contribution >= 0.6 is 15.9 Å². The average molecular weight is 264 g/mol. The second-order valence-corrected chi connectivity index (χ2v) is 6.42. The van der Waals surface area contributed by atoms with Gasteiger partial charge in [-0.15, -0.1) is 0 Å². The number of morpholine rings is 1. The molecular formula is C10H18BrNO2. The van der Waals surface area contributed by atoms with Crippen LogP contribution in [0.5, 0.6) is 0 Å². The van der Waals surface area contributed by atoms with Crippen LogP contribution < -0.4 is 0 Å². The van der Waals surface area contributed by atoms with E-state index in [-0.39, 0.29) is 18.1 Å². The molecule has 82 valence electrons. The highest BCUT2D eigenvalue weighted by atomic mass is 79.9. The molecule has 0 aromatic rings. The monoisotopic (exact) mass is 263 g/mol. The largest absolute Gasteiger partial charge is 0.372 e. The third-order valence-electron chi connectivity index (χ3n) is 2.22. The van der Waals surface area contributed by atoms with Crippen molar-refractivity contribution in [1.29, 1.82) is 0 Å². The molecule has 0 spiro atoms. The third kappa shape index (κ3) is 2.95. The highest BCUT2D eigenvalue weighted by Gasteiger charge is 2.33. The summed E-state index contributed by atoms with van der Waals surface area (Å²) >= 11 is 3.39. The van der Waals surface area contributed by atoms with Crippen LogP contribution in [0.15, 0.2) is 0 Å². The number of alkyl halides is 1. The van der Waals surface area contributed by atoms with Gasteiger partial charge in [0.15, 0.2) is 0 Å². The van der Waals surface area contributed by atoms with E-state index < -0.39 is 4.32 Å². The van der Waals surface area contributed by atoms with Gasteiger partial charge in [-0.25, -0.2) is 0 Å². The van der Waals surface area contributed by atoms with Crippen LogP contribution in [-0.2, 0) is 9.53 Å². The smallest absolute Gasteiger partial charge is 0.239 e. The van der Waals surface area contributed by atoms with Crippen molar-refractivity contribution in [3.05, 3.63) is 0 Å². The van der Waals surface area contributed by atoms with Gasteiger partial charge >= 0.3 is 0 Å². The summed E-state index contributed by atoms with van der Waals surface area (Å²) in [4.78, 5) is 13.8. The molecule has 1 amide bonds. The Hall–Kier alpha value is -0.0900. The van der Waals surface area contributed by atoms with Gasteiger partial charge < -0.3 is 9.64 Å². The van der Waals surface area contributed by atoms with Crippen LogP contribution in [-0.4, -0.2) is 40.4 Å². The molecule has 0 N–H and O–H groups in total. The van der Waals surface area contributed by atoms with Crippen molar-refractivity contribution in [3.8, 4) is 0 Å². The number of hydrogen-bond acceptors (Lipinski definition) is 2. The quantitative estimate of drug-likeness (QED) is 0.676. The summed E-state index contributed by atoms with van der Waals surface area (Å²) in [5.74, 6) is 0.138. The fourth-order valence-corrected chi connectivity index (χ4v) is 1.97. The first kappa shape index (κ1) is 12.0. The van der Waals surface area contributed by atoms with Crippen LogP contribution in [0.2, 0.25) is 0 Å². The molecule has 1 heterocycles. The molecule has 4 heteroatoms. The van der Waals surface area contributed by atoms with Gasteiger partial charge in [-0.3, -0.25) is 4.79 Å².